The highest BCUT2D eigenvalue weighted by molar-refractivity contribution is 6.39. The molecule has 4 rings (SSSR count). The topological polar surface area (TPSA) is 75.7 Å². The standard InChI is InChI=1S/C23H17FN2O4/c1-2-30-20-11-10-14(17-8-3-4-9-18(17)20)12-19-21(27)25-23(29)26(22(19)28)16-7-5-6-15(24)13-16/h3-13H,2H2,1H3,(H,25,27,29)/b19-12+. The lowest BCUT2D eigenvalue weighted by molar-refractivity contribution is -0.122. The van der Waals surface area contributed by atoms with Crippen molar-refractivity contribution in [3.63, 3.8) is 0 Å². The number of rotatable bonds is 4. The molecule has 30 heavy (non-hydrogen) atoms. The summed E-state index contributed by atoms with van der Waals surface area (Å²) in [6, 6.07) is 15.1. The second kappa shape index (κ2) is 7.79. The van der Waals surface area contributed by atoms with E-state index in [1.165, 1.54) is 24.3 Å². The zero-order chi connectivity index (χ0) is 21.3. The van der Waals surface area contributed by atoms with E-state index in [-0.39, 0.29) is 11.3 Å². The van der Waals surface area contributed by atoms with Crippen LogP contribution in [0.2, 0.25) is 0 Å². The van der Waals surface area contributed by atoms with Gasteiger partial charge >= 0.3 is 6.03 Å². The number of barbiturate groups is 1. The number of urea groups is 1. The van der Waals surface area contributed by atoms with Gasteiger partial charge in [0.25, 0.3) is 11.8 Å². The number of hydrogen-bond donors (Lipinski definition) is 1. The minimum atomic E-state index is -0.927. The van der Waals surface area contributed by atoms with Gasteiger partial charge in [-0.25, -0.2) is 14.1 Å². The number of nitrogens with one attached hydrogen (secondary N) is 1. The fraction of sp³-hybridized carbons (Fsp3) is 0.0870. The number of fused-ring (bicyclic) bond motifs is 1. The molecule has 0 spiro atoms. The summed E-state index contributed by atoms with van der Waals surface area (Å²) in [4.78, 5) is 38.4. The van der Waals surface area contributed by atoms with Crippen LogP contribution in [0, 0.1) is 5.82 Å². The first-order chi connectivity index (χ1) is 14.5. The van der Waals surface area contributed by atoms with Crippen molar-refractivity contribution in [3.05, 3.63) is 77.6 Å². The molecular formula is C23H17FN2O4. The summed E-state index contributed by atoms with van der Waals surface area (Å²) in [5.41, 5.74) is 0.418. The number of nitrogens with zero attached hydrogens (tertiary/aromatic N) is 1. The van der Waals surface area contributed by atoms with Crippen LogP contribution in [0.5, 0.6) is 5.75 Å². The Morgan fingerprint density at radius 1 is 1.00 bits per heavy atom. The Kier molecular flexibility index (Phi) is 5.02. The number of carbonyl (C=O) groups excluding carboxylic acids is 3. The molecule has 150 valence electrons. The lowest BCUT2D eigenvalue weighted by Crippen LogP contribution is -2.54. The summed E-state index contributed by atoms with van der Waals surface area (Å²) in [6.45, 7) is 2.38. The predicted molar refractivity (Wildman–Crippen MR) is 111 cm³/mol. The molecule has 3 aromatic carbocycles. The highest BCUT2D eigenvalue weighted by atomic mass is 19.1. The summed E-state index contributed by atoms with van der Waals surface area (Å²) in [6.07, 6.45) is 1.43. The van der Waals surface area contributed by atoms with E-state index >= 15 is 0 Å². The summed E-state index contributed by atoms with van der Waals surface area (Å²) in [5, 5.41) is 3.75. The molecule has 0 saturated carbocycles. The second-order valence-corrected chi connectivity index (χ2v) is 6.57. The van der Waals surface area contributed by atoms with Crippen LogP contribution in [0.3, 0.4) is 0 Å². The van der Waals surface area contributed by atoms with E-state index in [0.717, 1.165) is 21.7 Å². The van der Waals surface area contributed by atoms with Crippen molar-refractivity contribution in [2.75, 3.05) is 11.5 Å². The second-order valence-electron chi connectivity index (χ2n) is 6.57. The molecule has 0 unspecified atom stereocenters. The van der Waals surface area contributed by atoms with Crippen molar-refractivity contribution in [2.45, 2.75) is 6.92 Å². The number of anilines is 1. The molecule has 3 aromatic rings. The van der Waals surface area contributed by atoms with Gasteiger partial charge in [-0.1, -0.05) is 36.4 Å². The number of hydrogen-bond acceptors (Lipinski definition) is 4. The lowest BCUT2D eigenvalue weighted by atomic mass is 10.00. The van der Waals surface area contributed by atoms with E-state index < -0.39 is 23.7 Å². The van der Waals surface area contributed by atoms with Crippen molar-refractivity contribution in [1.29, 1.82) is 0 Å². The van der Waals surface area contributed by atoms with Gasteiger partial charge in [0.1, 0.15) is 17.1 Å². The Morgan fingerprint density at radius 2 is 1.77 bits per heavy atom. The molecule has 0 aliphatic carbocycles. The predicted octanol–water partition coefficient (Wildman–Crippen LogP) is 4.04. The molecule has 1 saturated heterocycles. The third-order valence-corrected chi connectivity index (χ3v) is 4.69. The van der Waals surface area contributed by atoms with Gasteiger partial charge in [0.2, 0.25) is 0 Å². The number of carbonyl (C=O) groups is 3. The maximum absolute atomic E-state index is 13.6. The summed E-state index contributed by atoms with van der Waals surface area (Å²) >= 11 is 0. The molecular weight excluding hydrogens is 387 g/mol. The van der Waals surface area contributed by atoms with Gasteiger partial charge in [-0.15, -0.1) is 0 Å². The molecule has 4 amide bonds. The van der Waals surface area contributed by atoms with Crippen molar-refractivity contribution in [1.82, 2.24) is 5.32 Å². The normalized spacial score (nSPS) is 15.6. The maximum atomic E-state index is 13.6. The summed E-state index contributed by atoms with van der Waals surface area (Å²) in [5.74, 6) is -1.55. The van der Waals surface area contributed by atoms with Crippen LogP contribution >= 0.6 is 0 Å². The molecule has 0 aromatic heterocycles. The molecule has 6 nitrogen and oxygen atoms in total. The number of ether oxygens (including phenoxy) is 1. The maximum Gasteiger partial charge on any atom is 0.335 e. The first kappa shape index (κ1) is 19.3. The fourth-order valence-electron chi connectivity index (χ4n) is 3.36. The van der Waals surface area contributed by atoms with E-state index in [4.69, 9.17) is 4.74 Å². The summed E-state index contributed by atoms with van der Waals surface area (Å²) in [7, 11) is 0. The Morgan fingerprint density at radius 3 is 2.50 bits per heavy atom. The van der Waals surface area contributed by atoms with Gasteiger partial charge in [-0.05, 0) is 48.2 Å². The molecule has 0 radical (unpaired) electrons. The lowest BCUT2D eigenvalue weighted by Gasteiger charge is -2.26. The molecule has 1 N–H and O–H groups in total. The minimum Gasteiger partial charge on any atom is -0.493 e. The van der Waals surface area contributed by atoms with Crippen LogP contribution in [0.1, 0.15) is 12.5 Å². The van der Waals surface area contributed by atoms with Gasteiger partial charge in [-0.2, -0.15) is 0 Å². The molecule has 0 atom stereocenters. The molecule has 1 aliphatic heterocycles. The number of imide groups is 2. The number of benzene rings is 3. The van der Waals surface area contributed by atoms with Crippen LogP contribution < -0.4 is 15.0 Å². The first-order valence-electron chi connectivity index (χ1n) is 9.31. The SMILES string of the molecule is CCOc1ccc(/C=C2\C(=O)NC(=O)N(c3cccc(F)c3)C2=O)c2ccccc12. The van der Waals surface area contributed by atoms with Crippen LogP contribution in [-0.2, 0) is 9.59 Å². The zero-order valence-corrected chi connectivity index (χ0v) is 16.0. The van der Waals surface area contributed by atoms with Crippen molar-refractivity contribution in [2.24, 2.45) is 0 Å². The Hall–Kier alpha value is -4.00. The van der Waals surface area contributed by atoms with E-state index in [1.807, 2.05) is 31.2 Å². The van der Waals surface area contributed by atoms with Crippen molar-refractivity contribution >= 4 is 40.4 Å². The van der Waals surface area contributed by atoms with E-state index in [0.29, 0.717) is 17.9 Å². The average molecular weight is 404 g/mol. The van der Waals surface area contributed by atoms with Crippen LogP contribution in [0.4, 0.5) is 14.9 Å². The highest BCUT2D eigenvalue weighted by Gasteiger charge is 2.37. The van der Waals surface area contributed by atoms with Crippen LogP contribution in [0.15, 0.2) is 66.2 Å². The highest BCUT2D eigenvalue weighted by Crippen LogP contribution is 2.31. The number of halogens is 1. The largest absolute Gasteiger partial charge is 0.493 e. The molecule has 0 bridgehead atoms. The average Bonchev–Trinajstić information content (AvgIpc) is 2.72. The third-order valence-electron chi connectivity index (χ3n) is 4.69. The quantitative estimate of drug-likeness (QED) is 0.526. The smallest absolute Gasteiger partial charge is 0.335 e. The van der Waals surface area contributed by atoms with Gasteiger partial charge in [0.15, 0.2) is 0 Å². The first-order valence-corrected chi connectivity index (χ1v) is 9.31. The van der Waals surface area contributed by atoms with Gasteiger partial charge in [-0.3, -0.25) is 14.9 Å². The molecule has 1 aliphatic rings. The Bertz CT molecular complexity index is 1220. The summed E-state index contributed by atoms with van der Waals surface area (Å²) < 4.78 is 19.3. The minimum absolute atomic E-state index is 0.0347. The molecule has 1 fully saturated rings. The van der Waals surface area contributed by atoms with E-state index in [2.05, 4.69) is 5.32 Å². The Balaban J connectivity index is 1.81. The van der Waals surface area contributed by atoms with Gasteiger partial charge < -0.3 is 4.74 Å². The third kappa shape index (κ3) is 3.41. The monoisotopic (exact) mass is 404 g/mol. The van der Waals surface area contributed by atoms with Gasteiger partial charge in [0, 0.05) is 5.39 Å². The van der Waals surface area contributed by atoms with Crippen molar-refractivity contribution in [3.8, 4) is 5.75 Å². The van der Waals surface area contributed by atoms with Gasteiger partial charge in [0.05, 0.1) is 12.3 Å². The Labute approximate surface area is 171 Å². The van der Waals surface area contributed by atoms with Crippen LogP contribution in [0.25, 0.3) is 16.8 Å². The number of amides is 4. The molecule has 7 heteroatoms. The van der Waals surface area contributed by atoms with Crippen LogP contribution in [-0.4, -0.2) is 24.5 Å². The molecule has 1 heterocycles. The van der Waals surface area contributed by atoms with E-state index in [1.54, 1.807) is 12.1 Å². The van der Waals surface area contributed by atoms with E-state index in [9.17, 15) is 18.8 Å². The van der Waals surface area contributed by atoms with Crippen molar-refractivity contribution < 1.29 is 23.5 Å². The fourth-order valence-corrected chi connectivity index (χ4v) is 3.36. The zero-order valence-electron chi connectivity index (χ0n) is 16.0.